The van der Waals surface area contributed by atoms with Gasteiger partial charge in [0.2, 0.25) is 12.5 Å². The van der Waals surface area contributed by atoms with E-state index in [1.807, 2.05) is 39.3 Å². The number of esters is 1. The molecule has 0 fully saturated rings. The van der Waals surface area contributed by atoms with Crippen molar-refractivity contribution >= 4 is 11.7 Å². The molecular weight excluding hydrogens is 500 g/mol. The standard InChI is InChI=1S/C30H32N2O7/c1-31(2)17-9-7-8-16(14-17)21-18-12-13-32(3)24(22(18)27(36-6)29-28(21)37-15-38-29)25-19-10-11-20(34-4)26(35-5)23(19)30(33)39-25/h7-11,14,24-25H,12-13,15H2,1-6H3. The lowest BCUT2D eigenvalue weighted by molar-refractivity contribution is 0.00877. The van der Waals surface area contributed by atoms with E-state index in [1.165, 1.54) is 7.11 Å². The van der Waals surface area contributed by atoms with Crippen LogP contribution in [0.2, 0.25) is 0 Å². The van der Waals surface area contributed by atoms with Gasteiger partial charge in [-0.05, 0) is 42.8 Å². The predicted molar refractivity (Wildman–Crippen MR) is 146 cm³/mol. The third-order valence-corrected chi connectivity index (χ3v) is 7.87. The van der Waals surface area contributed by atoms with Crippen LogP contribution < -0.4 is 28.6 Å². The van der Waals surface area contributed by atoms with Gasteiger partial charge in [-0.3, -0.25) is 4.90 Å². The molecule has 0 aliphatic carbocycles. The van der Waals surface area contributed by atoms with E-state index in [-0.39, 0.29) is 12.8 Å². The zero-order valence-corrected chi connectivity index (χ0v) is 23.0. The number of cyclic esters (lactones) is 1. The first kappa shape index (κ1) is 25.2. The maximum atomic E-state index is 13.3. The number of carbonyl (C=O) groups excluding carboxylic acids is 1. The molecule has 0 radical (unpaired) electrons. The molecule has 3 aliphatic heterocycles. The van der Waals surface area contributed by atoms with Gasteiger partial charge in [-0.25, -0.2) is 4.79 Å². The summed E-state index contributed by atoms with van der Waals surface area (Å²) in [6.07, 6.45) is 0.169. The molecule has 3 aromatic carbocycles. The summed E-state index contributed by atoms with van der Waals surface area (Å²) in [7, 11) is 10.8. The number of ether oxygens (including phenoxy) is 6. The number of nitrogens with zero attached hydrogens (tertiary/aromatic N) is 2. The van der Waals surface area contributed by atoms with Crippen molar-refractivity contribution in [2.45, 2.75) is 18.6 Å². The molecule has 6 rings (SSSR count). The normalized spacial score (nSPS) is 19.3. The van der Waals surface area contributed by atoms with Crippen molar-refractivity contribution in [1.82, 2.24) is 4.90 Å². The molecule has 9 nitrogen and oxygen atoms in total. The van der Waals surface area contributed by atoms with Gasteiger partial charge >= 0.3 is 5.97 Å². The summed E-state index contributed by atoms with van der Waals surface area (Å²) in [4.78, 5) is 17.5. The number of fused-ring (bicyclic) bond motifs is 3. The van der Waals surface area contributed by atoms with Crippen LogP contribution in [0.5, 0.6) is 28.7 Å². The maximum Gasteiger partial charge on any atom is 0.343 e. The van der Waals surface area contributed by atoms with Crippen molar-refractivity contribution in [2.75, 3.05) is 60.7 Å². The van der Waals surface area contributed by atoms with E-state index in [0.29, 0.717) is 34.3 Å². The number of rotatable bonds is 6. The molecule has 0 amide bonds. The Kier molecular flexibility index (Phi) is 6.18. The van der Waals surface area contributed by atoms with Crippen LogP contribution in [0.15, 0.2) is 36.4 Å². The Morgan fingerprint density at radius 2 is 1.72 bits per heavy atom. The van der Waals surface area contributed by atoms with Crippen LogP contribution in [0.1, 0.15) is 39.2 Å². The van der Waals surface area contributed by atoms with E-state index in [2.05, 4.69) is 28.0 Å². The predicted octanol–water partition coefficient (Wildman–Crippen LogP) is 4.61. The molecule has 0 bridgehead atoms. The lowest BCUT2D eigenvalue weighted by Crippen LogP contribution is -2.36. The Morgan fingerprint density at radius 3 is 2.44 bits per heavy atom. The fraction of sp³-hybridized carbons (Fsp3) is 0.367. The number of methoxy groups -OCH3 is 3. The van der Waals surface area contributed by atoms with Gasteiger partial charge in [-0.2, -0.15) is 0 Å². The van der Waals surface area contributed by atoms with Gasteiger partial charge in [-0.1, -0.05) is 18.2 Å². The highest BCUT2D eigenvalue weighted by Crippen LogP contribution is 2.59. The van der Waals surface area contributed by atoms with Crippen molar-refractivity contribution in [3.8, 4) is 39.9 Å². The molecule has 2 unspecified atom stereocenters. The smallest absolute Gasteiger partial charge is 0.343 e. The summed E-state index contributed by atoms with van der Waals surface area (Å²) >= 11 is 0. The van der Waals surface area contributed by atoms with Crippen LogP contribution in [0.25, 0.3) is 11.1 Å². The summed E-state index contributed by atoms with van der Waals surface area (Å²) < 4.78 is 35.2. The van der Waals surface area contributed by atoms with Crippen molar-refractivity contribution in [3.05, 3.63) is 58.7 Å². The van der Waals surface area contributed by atoms with Gasteiger partial charge < -0.3 is 33.3 Å². The van der Waals surface area contributed by atoms with Gasteiger partial charge in [0.1, 0.15) is 11.7 Å². The Balaban J connectivity index is 1.60. The van der Waals surface area contributed by atoms with E-state index in [0.717, 1.165) is 46.5 Å². The third kappa shape index (κ3) is 3.75. The Bertz CT molecular complexity index is 1470. The Morgan fingerprint density at radius 1 is 0.949 bits per heavy atom. The molecule has 0 saturated carbocycles. The fourth-order valence-corrected chi connectivity index (χ4v) is 6.08. The topological polar surface area (TPSA) is 78.9 Å². The zero-order chi connectivity index (χ0) is 27.4. The van der Waals surface area contributed by atoms with E-state index >= 15 is 0 Å². The molecular formula is C30H32N2O7. The van der Waals surface area contributed by atoms with Crippen LogP contribution in [-0.4, -0.2) is 66.7 Å². The van der Waals surface area contributed by atoms with Gasteiger partial charge in [0.05, 0.1) is 27.4 Å². The maximum absolute atomic E-state index is 13.3. The average molecular weight is 533 g/mol. The van der Waals surface area contributed by atoms with E-state index in [4.69, 9.17) is 28.4 Å². The van der Waals surface area contributed by atoms with Gasteiger partial charge in [0, 0.05) is 43.0 Å². The quantitative estimate of drug-likeness (QED) is 0.423. The number of hydrogen-bond donors (Lipinski definition) is 0. The van der Waals surface area contributed by atoms with Crippen molar-refractivity contribution in [3.63, 3.8) is 0 Å². The molecule has 9 heteroatoms. The second kappa shape index (κ2) is 9.57. The lowest BCUT2D eigenvalue weighted by Gasteiger charge is -2.39. The van der Waals surface area contributed by atoms with Gasteiger partial charge in [0.15, 0.2) is 23.0 Å². The van der Waals surface area contributed by atoms with Crippen LogP contribution in [0, 0.1) is 0 Å². The summed E-state index contributed by atoms with van der Waals surface area (Å²) in [5.74, 6) is 2.27. The summed E-state index contributed by atoms with van der Waals surface area (Å²) in [6, 6.07) is 11.7. The molecule has 0 spiro atoms. The van der Waals surface area contributed by atoms with Crippen LogP contribution >= 0.6 is 0 Å². The molecule has 204 valence electrons. The Labute approximate surface area is 227 Å². The molecule has 3 aromatic rings. The zero-order valence-electron chi connectivity index (χ0n) is 23.0. The molecule has 2 atom stereocenters. The largest absolute Gasteiger partial charge is 0.493 e. The summed E-state index contributed by atoms with van der Waals surface area (Å²) in [5.41, 5.74) is 6.26. The molecule has 0 saturated heterocycles. The van der Waals surface area contributed by atoms with Crippen molar-refractivity contribution < 1.29 is 33.2 Å². The summed E-state index contributed by atoms with van der Waals surface area (Å²) in [6.45, 7) is 0.852. The molecule has 3 aliphatic rings. The summed E-state index contributed by atoms with van der Waals surface area (Å²) in [5, 5.41) is 0. The highest BCUT2D eigenvalue weighted by Gasteiger charge is 2.47. The SMILES string of the molecule is COc1ccc2c(c1OC)C(=O)OC2C1c2c(c(-c3cccc(N(C)C)c3)c3c(c2OC)OCO3)CCN1C. The fourth-order valence-electron chi connectivity index (χ4n) is 6.08. The minimum absolute atomic E-state index is 0.105. The monoisotopic (exact) mass is 532 g/mol. The number of likely N-dealkylation sites (N-methyl/N-ethyl adjacent to an activating group) is 1. The number of carbonyl (C=O) groups is 1. The third-order valence-electron chi connectivity index (χ3n) is 7.87. The van der Waals surface area contributed by atoms with Crippen molar-refractivity contribution in [1.29, 1.82) is 0 Å². The van der Waals surface area contributed by atoms with Crippen molar-refractivity contribution in [2.24, 2.45) is 0 Å². The molecule has 0 aromatic heterocycles. The second-order valence-corrected chi connectivity index (χ2v) is 10.1. The molecule has 0 N–H and O–H groups in total. The van der Waals surface area contributed by atoms with E-state index in [1.54, 1.807) is 14.2 Å². The first-order valence-electron chi connectivity index (χ1n) is 12.9. The first-order chi connectivity index (χ1) is 18.9. The van der Waals surface area contributed by atoms with Gasteiger partial charge in [-0.15, -0.1) is 0 Å². The van der Waals surface area contributed by atoms with Crippen LogP contribution in [-0.2, 0) is 11.2 Å². The Hall–Kier alpha value is -4.11. The minimum Gasteiger partial charge on any atom is -0.493 e. The first-order valence-corrected chi connectivity index (χ1v) is 12.9. The second-order valence-electron chi connectivity index (χ2n) is 10.1. The highest BCUT2D eigenvalue weighted by atomic mass is 16.7. The number of anilines is 1. The molecule has 3 heterocycles. The minimum atomic E-state index is -0.591. The lowest BCUT2D eigenvalue weighted by atomic mass is 9.81. The van der Waals surface area contributed by atoms with Gasteiger partial charge in [0.25, 0.3) is 0 Å². The van der Waals surface area contributed by atoms with E-state index < -0.39 is 12.1 Å². The van der Waals surface area contributed by atoms with E-state index in [9.17, 15) is 4.79 Å². The number of hydrogen-bond acceptors (Lipinski definition) is 9. The number of benzene rings is 3. The molecule has 39 heavy (non-hydrogen) atoms. The highest BCUT2D eigenvalue weighted by molar-refractivity contribution is 5.98. The van der Waals surface area contributed by atoms with Crippen LogP contribution in [0.3, 0.4) is 0 Å². The van der Waals surface area contributed by atoms with Crippen LogP contribution in [0.4, 0.5) is 5.69 Å². The average Bonchev–Trinajstić information content (AvgIpc) is 3.55.